The van der Waals surface area contributed by atoms with E-state index in [1.165, 1.54) is 12.1 Å². The molecule has 146 valence electrons. The largest absolute Gasteiger partial charge is 0.369 e. The van der Waals surface area contributed by atoms with Crippen LogP contribution in [0.1, 0.15) is 29.4 Å². The molecule has 1 fully saturated rings. The van der Waals surface area contributed by atoms with E-state index in [2.05, 4.69) is 5.10 Å². The van der Waals surface area contributed by atoms with Gasteiger partial charge in [-0.25, -0.2) is 8.42 Å². The second-order valence-electron chi connectivity index (χ2n) is 6.90. The van der Waals surface area contributed by atoms with Crippen LogP contribution in [0.4, 0.5) is 11.4 Å². The van der Waals surface area contributed by atoms with Crippen LogP contribution in [0.3, 0.4) is 0 Å². The molecule has 1 aliphatic rings. The first-order valence-corrected chi connectivity index (χ1v) is 10.7. The number of nitro benzene ring substituents is 1. The monoisotopic (exact) mass is 412 g/mol. The summed E-state index contributed by atoms with van der Waals surface area (Å²) in [4.78, 5) is 12.3. The summed E-state index contributed by atoms with van der Waals surface area (Å²) >= 11 is 6.22. The summed E-state index contributed by atoms with van der Waals surface area (Å²) in [5, 5.41) is 15.7. The molecule has 1 aliphatic heterocycles. The Balaban J connectivity index is 1.85. The number of non-ortho nitro benzene ring substituents is 1. The smallest absolute Gasteiger partial charge is 0.271 e. The summed E-state index contributed by atoms with van der Waals surface area (Å²) in [5.41, 5.74) is 3.38. The number of aromatic nitrogens is 2. The van der Waals surface area contributed by atoms with E-state index in [0.717, 1.165) is 17.0 Å². The van der Waals surface area contributed by atoms with Crippen LogP contribution in [-0.4, -0.2) is 41.7 Å². The fourth-order valence-electron chi connectivity index (χ4n) is 3.49. The van der Waals surface area contributed by atoms with E-state index in [0.29, 0.717) is 23.7 Å². The van der Waals surface area contributed by atoms with Crippen molar-refractivity contribution in [3.63, 3.8) is 0 Å². The van der Waals surface area contributed by atoms with E-state index in [1.807, 2.05) is 30.5 Å². The van der Waals surface area contributed by atoms with Crippen LogP contribution < -0.4 is 4.90 Å². The summed E-state index contributed by atoms with van der Waals surface area (Å²) in [7, 11) is -1.14. The van der Waals surface area contributed by atoms with Gasteiger partial charge in [0.05, 0.1) is 38.9 Å². The molecule has 0 aliphatic carbocycles. The molecule has 27 heavy (non-hydrogen) atoms. The van der Waals surface area contributed by atoms with Crippen molar-refractivity contribution in [2.45, 2.75) is 32.9 Å². The second kappa shape index (κ2) is 7.12. The van der Waals surface area contributed by atoms with Gasteiger partial charge in [-0.2, -0.15) is 5.10 Å². The highest BCUT2D eigenvalue weighted by molar-refractivity contribution is 7.91. The fraction of sp³-hybridized carbons (Fsp3) is 0.471. The van der Waals surface area contributed by atoms with Gasteiger partial charge in [-0.3, -0.25) is 14.8 Å². The molecule has 0 bridgehead atoms. The zero-order valence-corrected chi connectivity index (χ0v) is 16.9. The zero-order chi connectivity index (χ0) is 19.9. The van der Waals surface area contributed by atoms with E-state index < -0.39 is 14.8 Å². The van der Waals surface area contributed by atoms with Gasteiger partial charge in [0.25, 0.3) is 5.69 Å². The molecule has 2 heterocycles. The SMILES string of the molecule is Cc1nn([C@@H]2CCS(=O)(=O)C2)c(C)c1CN(C)c1ccc([N+](=O)[O-])cc1Cl. The Hall–Kier alpha value is -2.13. The van der Waals surface area contributed by atoms with Gasteiger partial charge in [0, 0.05) is 37.0 Å². The highest BCUT2D eigenvalue weighted by Gasteiger charge is 2.31. The minimum absolute atomic E-state index is 0.0558. The summed E-state index contributed by atoms with van der Waals surface area (Å²) in [5.74, 6) is 0.322. The van der Waals surface area contributed by atoms with Crippen LogP contribution in [0.5, 0.6) is 0 Å². The Labute approximate surface area is 162 Å². The van der Waals surface area contributed by atoms with Crippen LogP contribution in [-0.2, 0) is 16.4 Å². The molecule has 0 radical (unpaired) electrons. The lowest BCUT2D eigenvalue weighted by molar-refractivity contribution is -0.384. The highest BCUT2D eigenvalue weighted by atomic mass is 35.5. The first-order chi connectivity index (χ1) is 12.6. The Bertz CT molecular complexity index is 1000. The number of sulfone groups is 1. The number of rotatable bonds is 5. The van der Waals surface area contributed by atoms with Crippen LogP contribution in [0.25, 0.3) is 0 Å². The van der Waals surface area contributed by atoms with Crippen molar-refractivity contribution in [3.8, 4) is 0 Å². The van der Waals surface area contributed by atoms with Gasteiger partial charge in [0.1, 0.15) is 0 Å². The number of aryl methyl sites for hydroxylation is 1. The van der Waals surface area contributed by atoms with Gasteiger partial charge in [-0.05, 0) is 26.3 Å². The molecule has 0 N–H and O–H groups in total. The van der Waals surface area contributed by atoms with Gasteiger partial charge in [0.15, 0.2) is 9.84 Å². The summed E-state index contributed by atoms with van der Waals surface area (Å²) in [6.45, 7) is 4.34. The van der Waals surface area contributed by atoms with Crippen molar-refractivity contribution in [1.82, 2.24) is 9.78 Å². The van der Waals surface area contributed by atoms with Crippen molar-refractivity contribution >= 4 is 32.8 Å². The molecule has 8 nitrogen and oxygen atoms in total. The maximum atomic E-state index is 11.8. The summed E-state index contributed by atoms with van der Waals surface area (Å²) < 4.78 is 25.4. The van der Waals surface area contributed by atoms with Crippen LogP contribution in [0.2, 0.25) is 5.02 Å². The fourth-order valence-corrected chi connectivity index (χ4v) is 5.50. The Morgan fingerprint density at radius 2 is 2.11 bits per heavy atom. The molecule has 3 rings (SSSR count). The number of hydrogen-bond acceptors (Lipinski definition) is 6. The first-order valence-electron chi connectivity index (χ1n) is 8.49. The zero-order valence-electron chi connectivity index (χ0n) is 15.3. The lowest BCUT2D eigenvalue weighted by Gasteiger charge is -2.21. The standard InChI is InChI=1S/C17H21ClN4O4S/c1-11-15(12(2)21(19-11)14-6-7-27(25,26)10-14)9-20(3)17-5-4-13(22(23)24)8-16(17)18/h4-5,8,14H,6-7,9-10H2,1-3H3/t14-/m1/s1. The van der Waals surface area contributed by atoms with Gasteiger partial charge >= 0.3 is 0 Å². The van der Waals surface area contributed by atoms with E-state index in [9.17, 15) is 18.5 Å². The number of nitrogens with zero attached hydrogens (tertiary/aromatic N) is 4. The van der Waals surface area contributed by atoms with Gasteiger partial charge in [-0.15, -0.1) is 0 Å². The average molecular weight is 413 g/mol. The maximum Gasteiger partial charge on any atom is 0.271 e. The van der Waals surface area contributed by atoms with Crippen LogP contribution in [0.15, 0.2) is 18.2 Å². The lowest BCUT2D eigenvalue weighted by atomic mass is 10.1. The van der Waals surface area contributed by atoms with Gasteiger partial charge in [0.2, 0.25) is 0 Å². The summed E-state index contributed by atoms with van der Waals surface area (Å²) in [6, 6.07) is 4.25. The van der Waals surface area contributed by atoms with Gasteiger partial charge < -0.3 is 4.90 Å². The third-order valence-electron chi connectivity index (χ3n) is 4.98. The molecule has 1 atom stereocenters. The van der Waals surface area contributed by atoms with Crippen molar-refractivity contribution < 1.29 is 13.3 Å². The normalized spacial score (nSPS) is 18.6. The minimum Gasteiger partial charge on any atom is -0.369 e. The highest BCUT2D eigenvalue weighted by Crippen LogP contribution is 2.32. The molecule has 0 amide bonds. The quantitative estimate of drug-likeness (QED) is 0.552. The number of anilines is 1. The molecule has 1 saturated heterocycles. The third kappa shape index (κ3) is 3.93. The molecular weight excluding hydrogens is 392 g/mol. The lowest BCUT2D eigenvalue weighted by Crippen LogP contribution is -2.18. The van der Waals surface area contributed by atoms with Crippen molar-refractivity contribution in [2.24, 2.45) is 0 Å². The number of halogens is 1. The topological polar surface area (TPSA) is 98.3 Å². The molecule has 0 unspecified atom stereocenters. The predicted molar refractivity (Wildman–Crippen MR) is 104 cm³/mol. The number of nitro groups is 1. The Morgan fingerprint density at radius 1 is 1.41 bits per heavy atom. The Kier molecular flexibility index (Phi) is 5.18. The molecule has 2 aromatic rings. The molecule has 0 saturated carbocycles. The third-order valence-corrected chi connectivity index (χ3v) is 7.03. The van der Waals surface area contributed by atoms with E-state index in [4.69, 9.17) is 11.6 Å². The minimum atomic E-state index is -2.99. The van der Waals surface area contributed by atoms with Crippen LogP contribution in [0, 0.1) is 24.0 Å². The molecule has 0 spiro atoms. The molecule has 10 heteroatoms. The maximum absolute atomic E-state index is 11.8. The number of benzene rings is 1. The number of hydrogen-bond donors (Lipinski definition) is 0. The van der Waals surface area contributed by atoms with Gasteiger partial charge in [-0.1, -0.05) is 11.6 Å². The van der Waals surface area contributed by atoms with Crippen molar-refractivity contribution in [1.29, 1.82) is 0 Å². The van der Waals surface area contributed by atoms with E-state index in [-0.39, 0.29) is 23.2 Å². The Morgan fingerprint density at radius 3 is 2.67 bits per heavy atom. The summed E-state index contributed by atoms with van der Waals surface area (Å²) in [6.07, 6.45) is 0.577. The molecular formula is C17H21ClN4O4S. The first kappa shape index (κ1) is 19.6. The molecule has 1 aromatic carbocycles. The van der Waals surface area contributed by atoms with Crippen molar-refractivity contribution in [3.05, 3.63) is 50.3 Å². The van der Waals surface area contributed by atoms with Crippen LogP contribution >= 0.6 is 11.6 Å². The van der Waals surface area contributed by atoms with Crippen molar-refractivity contribution in [2.75, 3.05) is 23.5 Å². The predicted octanol–water partition coefficient (Wildman–Crippen LogP) is 3.06. The average Bonchev–Trinajstić information content (AvgIpc) is 3.08. The van der Waals surface area contributed by atoms with E-state index in [1.54, 1.807) is 6.07 Å². The second-order valence-corrected chi connectivity index (χ2v) is 9.54. The molecule has 1 aromatic heterocycles. The van der Waals surface area contributed by atoms with E-state index >= 15 is 0 Å².